The summed E-state index contributed by atoms with van der Waals surface area (Å²) in [5.74, 6) is 1.20. The van der Waals surface area contributed by atoms with Crippen LogP contribution in [0.5, 0.6) is 0 Å². The summed E-state index contributed by atoms with van der Waals surface area (Å²) >= 11 is 1.55. The van der Waals surface area contributed by atoms with Crippen LogP contribution in [0.25, 0.3) is 0 Å². The highest BCUT2D eigenvalue weighted by molar-refractivity contribution is 7.18. The minimum atomic E-state index is -0.0367. The van der Waals surface area contributed by atoms with Crippen LogP contribution in [0.2, 0.25) is 0 Å². The molecular formula is C16H27N3OS. The molecule has 4 nitrogen and oxygen atoms in total. The summed E-state index contributed by atoms with van der Waals surface area (Å²) in [6.45, 7) is 8.04. The maximum atomic E-state index is 12.2. The van der Waals surface area contributed by atoms with E-state index < -0.39 is 0 Å². The quantitative estimate of drug-likeness (QED) is 0.811. The number of hydrogen-bond acceptors (Lipinski definition) is 4. The molecule has 0 radical (unpaired) electrons. The SMILES string of the molecule is CCNC(=O)c1sc(N(C)CCC(C)C)c(C2CC2)c1N. The molecule has 1 heterocycles. The predicted octanol–water partition coefficient (Wildman–Crippen LogP) is 3.44. The van der Waals surface area contributed by atoms with E-state index in [1.807, 2.05) is 6.92 Å². The second kappa shape index (κ2) is 6.69. The third kappa shape index (κ3) is 3.70. The Bertz CT molecular complexity index is 506. The van der Waals surface area contributed by atoms with E-state index in [-0.39, 0.29) is 5.91 Å². The lowest BCUT2D eigenvalue weighted by molar-refractivity contribution is 0.0960. The smallest absolute Gasteiger partial charge is 0.263 e. The van der Waals surface area contributed by atoms with Crippen molar-refractivity contribution < 1.29 is 4.79 Å². The van der Waals surface area contributed by atoms with Gasteiger partial charge in [-0.05, 0) is 38.0 Å². The number of amides is 1. The van der Waals surface area contributed by atoms with E-state index in [1.54, 1.807) is 11.3 Å². The topological polar surface area (TPSA) is 58.4 Å². The Balaban J connectivity index is 2.26. The van der Waals surface area contributed by atoms with Gasteiger partial charge in [-0.2, -0.15) is 0 Å². The second-order valence-electron chi connectivity index (χ2n) is 6.30. The van der Waals surface area contributed by atoms with Crippen LogP contribution in [0, 0.1) is 5.92 Å². The average Bonchev–Trinajstić information content (AvgIpc) is 3.19. The van der Waals surface area contributed by atoms with Gasteiger partial charge in [-0.1, -0.05) is 13.8 Å². The van der Waals surface area contributed by atoms with Crippen LogP contribution in [0.3, 0.4) is 0 Å². The van der Waals surface area contributed by atoms with Crippen LogP contribution in [-0.2, 0) is 0 Å². The summed E-state index contributed by atoms with van der Waals surface area (Å²) in [4.78, 5) is 15.1. The van der Waals surface area contributed by atoms with Gasteiger partial charge in [0.15, 0.2) is 0 Å². The van der Waals surface area contributed by atoms with Gasteiger partial charge in [0.2, 0.25) is 0 Å². The van der Waals surface area contributed by atoms with Gasteiger partial charge in [-0.25, -0.2) is 0 Å². The van der Waals surface area contributed by atoms with Crippen LogP contribution < -0.4 is 16.0 Å². The lowest BCUT2D eigenvalue weighted by atomic mass is 10.1. The molecule has 0 aromatic carbocycles. The van der Waals surface area contributed by atoms with Gasteiger partial charge in [-0.15, -0.1) is 11.3 Å². The Labute approximate surface area is 131 Å². The molecule has 1 saturated carbocycles. The van der Waals surface area contributed by atoms with Gasteiger partial charge in [0.1, 0.15) is 4.88 Å². The van der Waals surface area contributed by atoms with Crippen molar-refractivity contribution in [2.45, 2.75) is 46.0 Å². The molecule has 2 rings (SSSR count). The summed E-state index contributed by atoms with van der Waals surface area (Å²) in [5, 5.41) is 4.06. The van der Waals surface area contributed by atoms with Gasteiger partial charge >= 0.3 is 0 Å². The summed E-state index contributed by atoms with van der Waals surface area (Å²) in [7, 11) is 2.11. The Hall–Kier alpha value is -1.23. The molecule has 0 atom stereocenters. The maximum absolute atomic E-state index is 12.2. The Morgan fingerprint density at radius 1 is 1.48 bits per heavy atom. The number of carbonyl (C=O) groups is 1. The van der Waals surface area contributed by atoms with Gasteiger partial charge in [0.05, 0.1) is 10.7 Å². The zero-order chi connectivity index (χ0) is 15.6. The van der Waals surface area contributed by atoms with E-state index in [0.29, 0.717) is 28.9 Å². The maximum Gasteiger partial charge on any atom is 0.263 e. The molecular weight excluding hydrogens is 282 g/mol. The van der Waals surface area contributed by atoms with Crippen LogP contribution >= 0.6 is 11.3 Å². The Kier molecular flexibility index (Phi) is 5.14. The largest absolute Gasteiger partial charge is 0.397 e. The van der Waals surface area contributed by atoms with E-state index in [1.165, 1.54) is 23.4 Å². The molecule has 1 fully saturated rings. The summed E-state index contributed by atoms with van der Waals surface area (Å²) < 4.78 is 0. The highest BCUT2D eigenvalue weighted by atomic mass is 32.1. The summed E-state index contributed by atoms with van der Waals surface area (Å²) in [6.07, 6.45) is 3.54. The van der Waals surface area contributed by atoms with E-state index in [9.17, 15) is 4.79 Å². The second-order valence-corrected chi connectivity index (χ2v) is 7.30. The fraction of sp³-hybridized carbons (Fsp3) is 0.688. The van der Waals surface area contributed by atoms with Crippen molar-refractivity contribution in [2.24, 2.45) is 5.92 Å². The molecule has 0 unspecified atom stereocenters. The van der Waals surface area contributed by atoms with Crippen molar-refractivity contribution in [1.82, 2.24) is 5.32 Å². The molecule has 5 heteroatoms. The predicted molar refractivity (Wildman–Crippen MR) is 91.4 cm³/mol. The molecule has 1 aliphatic carbocycles. The molecule has 118 valence electrons. The van der Waals surface area contributed by atoms with Gasteiger partial charge in [0.25, 0.3) is 5.91 Å². The number of nitrogen functional groups attached to an aromatic ring is 1. The first-order chi connectivity index (χ1) is 9.95. The minimum absolute atomic E-state index is 0.0367. The van der Waals surface area contributed by atoms with Crippen molar-refractivity contribution in [2.75, 3.05) is 30.8 Å². The normalized spacial score (nSPS) is 14.5. The number of thiophene rings is 1. The number of rotatable bonds is 7. The molecule has 0 spiro atoms. The molecule has 1 amide bonds. The number of nitrogens with one attached hydrogen (secondary N) is 1. The molecule has 1 aliphatic rings. The molecule has 0 bridgehead atoms. The van der Waals surface area contributed by atoms with Crippen molar-refractivity contribution in [3.8, 4) is 0 Å². The molecule has 0 saturated heterocycles. The lowest BCUT2D eigenvalue weighted by Crippen LogP contribution is -2.22. The van der Waals surface area contributed by atoms with E-state index in [0.717, 1.165) is 13.0 Å². The molecule has 1 aromatic rings. The van der Waals surface area contributed by atoms with Gasteiger partial charge < -0.3 is 16.0 Å². The van der Waals surface area contributed by atoms with Crippen LogP contribution in [0.15, 0.2) is 0 Å². The first-order valence-corrected chi connectivity index (χ1v) is 8.68. The summed E-state index contributed by atoms with van der Waals surface area (Å²) in [6, 6.07) is 0. The summed E-state index contributed by atoms with van der Waals surface area (Å²) in [5.41, 5.74) is 8.22. The van der Waals surface area contributed by atoms with Crippen molar-refractivity contribution in [3.05, 3.63) is 10.4 Å². The number of hydrogen-bond donors (Lipinski definition) is 2. The number of nitrogens with two attached hydrogens (primary N) is 1. The van der Waals surface area contributed by atoms with Gasteiger partial charge in [0, 0.05) is 25.7 Å². The first-order valence-electron chi connectivity index (χ1n) is 7.87. The average molecular weight is 309 g/mol. The first kappa shape index (κ1) is 16.1. The fourth-order valence-electron chi connectivity index (χ4n) is 2.46. The van der Waals surface area contributed by atoms with Crippen molar-refractivity contribution in [3.63, 3.8) is 0 Å². The molecule has 21 heavy (non-hydrogen) atoms. The van der Waals surface area contributed by atoms with Crippen LogP contribution in [-0.4, -0.2) is 26.0 Å². The third-order valence-electron chi connectivity index (χ3n) is 3.88. The van der Waals surface area contributed by atoms with E-state index >= 15 is 0 Å². The number of anilines is 2. The Morgan fingerprint density at radius 2 is 2.14 bits per heavy atom. The Morgan fingerprint density at radius 3 is 2.67 bits per heavy atom. The van der Waals surface area contributed by atoms with Gasteiger partial charge in [-0.3, -0.25) is 4.79 Å². The zero-order valence-electron chi connectivity index (χ0n) is 13.5. The fourth-order valence-corrected chi connectivity index (χ4v) is 3.67. The van der Waals surface area contributed by atoms with Crippen molar-refractivity contribution in [1.29, 1.82) is 0 Å². The highest BCUT2D eigenvalue weighted by Gasteiger charge is 2.33. The molecule has 1 aromatic heterocycles. The van der Waals surface area contributed by atoms with Crippen LogP contribution in [0.4, 0.5) is 10.7 Å². The van der Waals surface area contributed by atoms with E-state index in [4.69, 9.17) is 5.73 Å². The lowest BCUT2D eigenvalue weighted by Gasteiger charge is -2.20. The van der Waals surface area contributed by atoms with Crippen LogP contribution in [0.1, 0.15) is 61.2 Å². The third-order valence-corrected chi connectivity index (χ3v) is 5.22. The zero-order valence-corrected chi connectivity index (χ0v) is 14.3. The minimum Gasteiger partial charge on any atom is -0.397 e. The highest BCUT2D eigenvalue weighted by Crippen LogP contribution is 2.51. The number of nitrogens with zero attached hydrogens (tertiary/aromatic N) is 1. The monoisotopic (exact) mass is 309 g/mol. The van der Waals surface area contributed by atoms with E-state index in [2.05, 4.69) is 31.1 Å². The molecule has 0 aliphatic heterocycles. The standard InChI is InChI=1S/C16H27N3OS/c1-5-18-15(20)14-13(17)12(11-6-7-11)16(21-14)19(4)9-8-10(2)3/h10-11H,5-9,17H2,1-4H3,(H,18,20). The van der Waals surface area contributed by atoms with Crippen molar-refractivity contribution >= 4 is 27.9 Å². The number of carbonyl (C=O) groups excluding carboxylic acids is 1. The molecule has 3 N–H and O–H groups in total.